The van der Waals surface area contributed by atoms with Crippen molar-refractivity contribution in [2.24, 2.45) is 5.92 Å². The van der Waals surface area contributed by atoms with Gasteiger partial charge >= 0.3 is 0 Å². The van der Waals surface area contributed by atoms with Gasteiger partial charge in [-0.15, -0.1) is 5.10 Å². The standard InChI is InChI=1S/C21H31FN6/c1-16(2)15-20(21-23-24-25-28(21)17-7-3-4-8-17)27-13-11-26(12-14-27)19-10-6-5-9-18(19)22/h5-6,9-10,16-17,20H,3-4,7-8,11-15H2,1-2H3/t20-/m1/s1. The lowest BCUT2D eigenvalue weighted by Crippen LogP contribution is -2.48. The van der Waals surface area contributed by atoms with E-state index in [2.05, 4.69) is 43.9 Å². The molecule has 0 N–H and O–H groups in total. The van der Waals surface area contributed by atoms with Crippen molar-refractivity contribution in [2.75, 3.05) is 31.1 Å². The number of hydrogen-bond donors (Lipinski definition) is 0. The van der Waals surface area contributed by atoms with Crippen molar-refractivity contribution >= 4 is 5.69 Å². The van der Waals surface area contributed by atoms with E-state index in [0.29, 0.717) is 17.6 Å². The van der Waals surface area contributed by atoms with Crippen LogP contribution in [0.25, 0.3) is 0 Å². The molecule has 152 valence electrons. The van der Waals surface area contributed by atoms with Crippen LogP contribution in [0, 0.1) is 11.7 Å². The summed E-state index contributed by atoms with van der Waals surface area (Å²) in [6.07, 6.45) is 5.91. The lowest BCUT2D eigenvalue weighted by atomic mass is 10.0. The monoisotopic (exact) mass is 386 g/mol. The van der Waals surface area contributed by atoms with Gasteiger partial charge in [-0.1, -0.05) is 38.8 Å². The Morgan fingerprint density at radius 1 is 1.07 bits per heavy atom. The molecule has 2 aromatic rings. The molecule has 1 aliphatic carbocycles. The number of tetrazole rings is 1. The van der Waals surface area contributed by atoms with Crippen LogP contribution in [0.15, 0.2) is 24.3 Å². The van der Waals surface area contributed by atoms with Crippen molar-refractivity contribution < 1.29 is 4.39 Å². The highest BCUT2D eigenvalue weighted by atomic mass is 19.1. The van der Waals surface area contributed by atoms with Crippen molar-refractivity contribution in [2.45, 2.75) is 58.0 Å². The summed E-state index contributed by atoms with van der Waals surface area (Å²) >= 11 is 0. The number of benzene rings is 1. The number of rotatable bonds is 6. The molecule has 0 bridgehead atoms. The predicted octanol–water partition coefficient (Wildman–Crippen LogP) is 3.84. The zero-order valence-electron chi connectivity index (χ0n) is 17.0. The third-order valence-corrected chi connectivity index (χ3v) is 6.13. The highest BCUT2D eigenvalue weighted by Crippen LogP contribution is 2.34. The van der Waals surface area contributed by atoms with Crippen LogP contribution in [-0.4, -0.2) is 51.3 Å². The van der Waals surface area contributed by atoms with Gasteiger partial charge in [-0.3, -0.25) is 4.90 Å². The maximum Gasteiger partial charge on any atom is 0.168 e. The Balaban J connectivity index is 1.50. The Morgan fingerprint density at radius 2 is 1.79 bits per heavy atom. The lowest BCUT2D eigenvalue weighted by molar-refractivity contribution is 0.150. The molecular weight excluding hydrogens is 355 g/mol. The van der Waals surface area contributed by atoms with E-state index in [4.69, 9.17) is 0 Å². The second-order valence-electron chi connectivity index (χ2n) is 8.54. The first-order valence-corrected chi connectivity index (χ1v) is 10.6. The number of aromatic nitrogens is 4. The summed E-state index contributed by atoms with van der Waals surface area (Å²) < 4.78 is 16.3. The van der Waals surface area contributed by atoms with Gasteiger partial charge in [0.25, 0.3) is 0 Å². The molecule has 1 saturated carbocycles. The third-order valence-electron chi connectivity index (χ3n) is 6.13. The third kappa shape index (κ3) is 4.04. The normalized spacial score (nSPS) is 20.2. The molecule has 28 heavy (non-hydrogen) atoms. The summed E-state index contributed by atoms with van der Waals surface area (Å²) in [7, 11) is 0. The topological polar surface area (TPSA) is 50.1 Å². The van der Waals surface area contributed by atoms with Crippen LogP contribution in [0.1, 0.15) is 63.9 Å². The number of hydrogen-bond acceptors (Lipinski definition) is 5. The molecule has 0 amide bonds. The zero-order valence-corrected chi connectivity index (χ0v) is 17.0. The highest BCUT2D eigenvalue weighted by molar-refractivity contribution is 5.48. The van der Waals surface area contributed by atoms with Crippen molar-refractivity contribution in [1.82, 2.24) is 25.1 Å². The van der Waals surface area contributed by atoms with Gasteiger partial charge in [0, 0.05) is 26.2 Å². The first-order valence-electron chi connectivity index (χ1n) is 10.6. The Labute approximate surface area is 166 Å². The van der Waals surface area contributed by atoms with E-state index in [1.165, 1.54) is 25.7 Å². The number of halogens is 1. The minimum atomic E-state index is -0.139. The van der Waals surface area contributed by atoms with E-state index in [0.717, 1.165) is 38.4 Å². The molecule has 0 spiro atoms. The minimum absolute atomic E-state index is 0.139. The number of piperazine rings is 1. The maximum absolute atomic E-state index is 14.2. The van der Waals surface area contributed by atoms with E-state index in [1.807, 2.05) is 12.1 Å². The van der Waals surface area contributed by atoms with Gasteiger partial charge < -0.3 is 4.90 Å². The number of anilines is 1. The molecule has 4 rings (SSSR count). The summed E-state index contributed by atoms with van der Waals surface area (Å²) in [5.41, 5.74) is 0.707. The summed E-state index contributed by atoms with van der Waals surface area (Å²) in [6.45, 7) is 7.94. The molecule has 1 atom stereocenters. The van der Waals surface area contributed by atoms with Gasteiger partial charge in [-0.2, -0.15) is 0 Å². The molecule has 2 fully saturated rings. The van der Waals surface area contributed by atoms with Gasteiger partial charge in [0.15, 0.2) is 5.82 Å². The first kappa shape index (κ1) is 19.3. The maximum atomic E-state index is 14.2. The fourth-order valence-electron chi connectivity index (χ4n) is 4.68. The minimum Gasteiger partial charge on any atom is -0.367 e. The molecule has 7 heteroatoms. The fraction of sp³-hybridized carbons (Fsp3) is 0.667. The Morgan fingerprint density at radius 3 is 2.46 bits per heavy atom. The van der Waals surface area contributed by atoms with Gasteiger partial charge in [0.05, 0.1) is 17.8 Å². The Hall–Kier alpha value is -2.02. The largest absolute Gasteiger partial charge is 0.367 e. The van der Waals surface area contributed by atoms with Crippen LogP contribution in [0.5, 0.6) is 0 Å². The van der Waals surface area contributed by atoms with E-state index < -0.39 is 0 Å². The highest BCUT2D eigenvalue weighted by Gasteiger charge is 2.32. The van der Waals surface area contributed by atoms with Crippen LogP contribution < -0.4 is 4.90 Å². The van der Waals surface area contributed by atoms with E-state index in [9.17, 15) is 4.39 Å². The van der Waals surface area contributed by atoms with E-state index in [-0.39, 0.29) is 11.9 Å². The number of nitrogens with zero attached hydrogens (tertiary/aromatic N) is 6. The average Bonchev–Trinajstić information content (AvgIpc) is 3.38. The first-order chi connectivity index (χ1) is 13.6. The molecule has 2 aliphatic rings. The van der Waals surface area contributed by atoms with Crippen molar-refractivity contribution in [3.8, 4) is 0 Å². The second kappa shape index (κ2) is 8.55. The molecule has 6 nitrogen and oxygen atoms in total. The summed E-state index contributed by atoms with van der Waals surface area (Å²) in [5.74, 6) is 1.43. The van der Waals surface area contributed by atoms with Gasteiger partial charge in [-0.25, -0.2) is 9.07 Å². The van der Waals surface area contributed by atoms with Crippen LogP contribution in [-0.2, 0) is 0 Å². The SMILES string of the molecule is CC(C)C[C@H](c1nnnn1C1CCCC1)N1CCN(c2ccccc2F)CC1. The molecule has 2 heterocycles. The van der Waals surface area contributed by atoms with Crippen molar-refractivity contribution in [1.29, 1.82) is 0 Å². The Kier molecular flexibility index (Phi) is 5.90. The second-order valence-corrected chi connectivity index (χ2v) is 8.54. The van der Waals surface area contributed by atoms with Gasteiger partial charge in [0.1, 0.15) is 5.82 Å². The summed E-state index contributed by atoms with van der Waals surface area (Å²) in [5, 5.41) is 12.9. The van der Waals surface area contributed by atoms with Crippen LogP contribution in [0.3, 0.4) is 0 Å². The summed E-state index contributed by atoms with van der Waals surface area (Å²) in [6, 6.07) is 7.73. The van der Waals surface area contributed by atoms with Crippen molar-refractivity contribution in [3.63, 3.8) is 0 Å². The molecular formula is C21H31FN6. The van der Waals surface area contributed by atoms with Gasteiger partial charge in [-0.05, 0) is 47.7 Å². The molecule has 0 radical (unpaired) electrons. The lowest BCUT2D eigenvalue weighted by Gasteiger charge is -2.40. The number of para-hydroxylation sites is 1. The van der Waals surface area contributed by atoms with Crippen LogP contribution in [0.2, 0.25) is 0 Å². The molecule has 1 aromatic heterocycles. The van der Waals surface area contributed by atoms with E-state index in [1.54, 1.807) is 12.1 Å². The van der Waals surface area contributed by atoms with Crippen LogP contribution in [0.4, 0.5) is 10.1 Å². The van der Waals surface area contributed by atoms with Crippen molar-refractivity contribution in [3.05, 3.63) is 35.9 Å². The average molecular weight is 387 g/mol. The summed E-state index contributed by atoms with van der Waals surface area (Å²) in [4.78, 5) is 4.65. The molecule has 0 unspecified atom stereocenters. The molecule has 1 aromatic carbocycles. The fourth-order valence-corrected chi connectivity index (χ4v) is 4.68. The van der Waals surface area contributed by atoms with E-state index >= 15 is 0 Å². The van der Waals surface area contributed by atoms with Crippen LogP contribution >= 0.6 is 0 Å². The quantitative estimate of drug-likeness (QED) is 0.755. The molecule has 1 aliphatic heterocycles. The predicted molar refractivity (Wildman–Crippen MR) is 108 cm³/mol. The molecule has 1 saturated heterocycles. The van der Waals surface area contributed by atoms with Gasteiger partial charge in [0.2, 0.25) is 0 Å². The zero-order chi connectivity index (χ0) is 19.5. The Bertz CT molecular complexity index is 762. The smallest absolute Gasteiger partial charge is 0.168 e.